The monoisotopic (exact) mass is 428 g/mol. The van der Waals surface area contributed by atoms with Gasteiger partial charge in [-0.3, -0.25) is 4.79 Å². The molecule has 0 aliphatic heterocycles. The lowest BCUT2D eigenvalue weighted by Crippen LogP contribution is -2.33. The number of thioether (sulfide) groups is 1. The van der Waals surface area contributed by atoms with Crippen molar-refractivity contribution in [1.82, 2.24) is 20.1 Å². The Kier molecular flexibility index (Phi) is 7.10. The first-order chi connectivity index (χ1) is 14.4. The SMILES string of the molecule is CCn1c(S[C@@H](C)C(=O)N[C@@H](C)c2ccc(F)cc2)nnc1-c1ccc(OC)cc1. The molecular formula is C22H25FN4O2S. The van der Waals surface area contributed by atoms with E-state index in [1.165, 1.54) is 23.9 Å². The van der Waals surface area contributed by atoms with Gasteiger partial charge in [0.05, 0.1) is 18.4 Å². The number of rotatable bonds is 8. The van der Waals surface area contributed by atoms with Crippen molar-refractivity contribution in [1.29, 1.82) is 0 Å². The van der Waals surface area contributed by atoms with Gasteiger partial charge in [0.25, 0.3) is 0 Å². The lowest BCUT2D eigenvalue weighted by Gasteiger charge is -2.18. The molecule has 0 unspecified atom stereocenters. The molecule has 3 rings (SSSR count). The maximum Gasteiger partial charge on any atom is 0.233 e. The second kappa shape index (κ2) is 9.75. The third kappa shape index (κ3) is 4.99. The van der Waals surface area contributed by atoms with Crippen LogP contribution in [-0.2, 0) is 11.3 Å². The largest absolute Gasteiger partial charge is 0.497 e. The molecule has 30 heavy (non-hydrogen) atoms. The number of aromatic nitrogens is 3. The molecule has 6 nitrogen and oxygen atoms in total. The zero-order chi connectivity index (χ0) is 21.7. The molecule has 2 aromatic carbocycles. The van der Waals surface area contributed by atoms with Gasteiger partial charge in [0.15, 0.2) is 11.0 Å². The van der Waals surface area contributed by atoms with E-state index < -0.39 is 0 Å². The summed E-state index contributed by atoms with van der Waals surface area (Å²) in [6.07, 6.45) is 0. The van der Waals surface area contributed by atoms with Crippen molar-refractivity contribution in [3.8, 4) is 17.1 Å². The molecule has 1 amide bonds. The highest BCUT2D eigenvalue weighted by molar-refractivity contribution is 8.00. The number of methoxy groups -OCH3 is 1. The van der Waals surface area contributed by atoms with E-state index in [2.05, 4.69) is 15.5 Å². The highest BCUT2D eigenvalue weighted by atomic mass is 32.2. The first-order valence-electron chi connectivity index (χ1n) is 9.73. The minimum atomic E-state index is -0.369. The smallest absolute Gasteiger partial charge is 0.233 e. The van der Waals surface area contributed by atoms with Gasteiger partial charge in [-0.1, -0.05) is 23.9 Å². The fourth-order valence-corrected chi connectivity index (χ4v) is 3.91. The summed E-state index contributed by atoms with van der Waals surface area (Å²) in [5.41, 5.74) is 1.78. The van der Waals surface area contributed by atoms with Crippen LogP contribution in [-0.4, -0.2) is 33.0 Å². The Hall–Kier alpha value is -2.87. The van der Waals surface area contributed by atoms with E-state index in [9.17, 15) is 9.18 Å². The molecule has 0 aliphatic carbocycles. The molecule has 2 atom stereocenters. The van der Waals surface area contributed by atoms with Gasteiger partial charge < -0.3 is 14.6 Å². The molecule has 158 valence electrons. The zero-order valence-corrected chi connectivity index (χ0v) is 18.2. The van der Waals surface area contributed by atoms with Crippen LogP contribution in [0.3, 0.4) is 0 Å². The Morgan fingerprint density at radius 3 is 2.40 bits per heavy atom. The van der Waals surface area contributed by atoms with Crippen molar-refractivity contribution in [3.05, 3.63) is 59.9 Å². The Morgan fingerprint density at radius 2 is 1.80 bits per heavy atom. The quantitative estimate of drug-likeness (QED) is 0.536. The third-order valence-electron chi connectivity index (χ3n) is 4.76. The van der Waals surface area contributed by atoms with Crippen LogP contribution in [0.5, 0.6) is 5.75 Å². The Bertz CT molecular complexity index is 989. The van der Waals surface area contributed by atoms with Gasteiger partial charge in [0.2, 0.25) is 5.91 Å². The van der Waals surface area contributed by atoms with Crippen molar-refractivity contribution in [2.45, 2.75) is 43.8 Å². The second-order valence-corrected chi connectivity index (χ2v) is 8.13. The molecule has 0 bridgehead atoms. The summed E-state index contributed by atoms with van der Waals surface area (Å²) in [5, 5.41) is 11.9. The van der Waals surface area contributed by atoms with Gasteiger partial charge in [-0.05, 0) is 62.7 Å². The molecule has 0 saturated carbocycles. The minimum Gasteiger partial charge on any atom is -0.497 e. The van der Waals surface area contributed by atoms with E-state index in [1.54, 1.807) is 19.2 Å². The second-order valence-electron chi connectivity index (χ2n) is 6.82. The lowest BCUT2D eigenvalue weighted by molar-refractivity contribution is -0.120. The number of nitrogens with zero attached hydrogens (tertiary/aromatic N) is 3. The molecule has 0 saturated heterocycles. The van der Waals surface area contributed by atoms with E-state index in [1.807, 2.05) is 49.6 Å². The van der Waals surface area contributed by atoms with Crippen LogP contribution in [0.25, 0.3) is 11.4 Å². The molecule has 0 aliphatic rings. The first-order valence-corrected chi connectivity index (χ1v) is 10.6. The first kappa shape index (κ1) is 21.8. The Morgan fingerprint density at radius 1 is 1.13 bits per heavy atom. The fraction of sp³-hybridized carbons (Fsp3) is 0.318. The highest BCUT2D eigenvalue weighted by Gasteiger charge is 2.21. The number of carbonyl (C=O) groups is 1. The molecule has 1 heterocycles. The van der Waals surface area contributed by atoms with Gasteiger partial charge in [-0.25, -0.2) is 4.39 Å². The number of benzene rings is 2. The standard InChI is InChI=1S/C22H25FN4O2S/c1-5-27-20(17-8-12-19(29-4)13-9-17)25-26-22(27)30-15(3)21(28)24-14(2)16-6-10-18(23)11-7-16/h6-15H,5H2,1-4H3,(H,24,28)/t14-,15-/m0/s1. The van der Waals surface area contributed by atoms with Crippen LogP contribution in [0.2, 0.25) is 0 Å². The number of hydrogen-bond acceptors (Lipinski definition) is 5. The highest BCUT2D eigenvalue weighted by Crippen LogP contribution is 2.28. The number of nitrogens with one attached hydrogen (secondary N) is 1. The number of ether oxygens (including phenoxy) is 1. The topological polar surface area (TPSA) is 69.0 Å². The van der Waals surface area contributed by atoms with Gasteiger partial charge in [-0.15, -0.1) is 10.2 Å². The van der Waals surface area contributed by atoms with Crippen molar-refractivity contribution in [2.24, 2.45) is 0 Å². The molecule has 0 spiro atoms. The summed E-state index contributed by atoms with van der Waals surface area (Å²) in [7, 11) is 1.63. The van der Waals surface area contributed by atoms with Crippen LogP contribution >= 0.6 is 11.8 Å². The van der Waals surface area contributed by atoms with Gasteiger partial charge in [0.1, 0.15) is 11.6 Å². The van der Waals surface area contributed by atoms with Crippen molar-refractivity contribution < 1.29 is 13.9 Å². The maximum absolute atomic E-state index is 13.1. The van der Waals surface area contributed by atoms with Gasteiger partial charge >= 0.3 is 0 Å². The Labute approximate surface area is 179 Å². The van der Waals surface area contributed by atoms with E-state index in [-0.39, 0.29) is 23.0 Å². The molecule has 0 radical (unpaired) electrons. The van der Waals surface area contributed by atoms with Crippen LogP contribution < -0.4 is 10.1 Å². The van der Waals surface area contributed by atoms with Crippen LogP contribution in [0.1, 0.15) is 32.4 Å². The van der Waals surface area contributed by atoms with Crippen molar-refractivity contribution in [3.63, 3.8) is 0 Å². The molecule has 3 aromatic rings. The van der Waals surface area contributed by atoms with E-state index in [4.69, 9.17) is 4.74 Å². The predicted octanol–water partition coefficient (Wildman–Crippen LogP) is 4.47. The summed E-state index contributed by atoms with van der Waals surface area (Å²) in [6, 6.07) is 13.5. The normalized spacial score (nSPS) is 13.0. The average molecular weight is 429 g/mol. The van der Waals surface area contributed by atoms with E-state index >= 15 is 0 Å². The number of halogens is 1. The van der Waals surface area contributed by atoms with Crippen molar-refractivity contribution >= 4 is 17.7 Å². The molecule has 8 heteroatoms. The van der Waals surface area contributed by atoms with Gasteiger partial charge in [-0.2, -0.15) is 0 Å². The number of carbonyl (C=O) groups excluding carboxylic acids is 1. The van der Waals surface area contributed by atoms with E-state index in [0.717, 1.165) is 22.7 Å². The van der Waals surface area contributed by atoms with Crippen LogP contribution in [0.4, 0.5) is 4.39 Å². The number of hydrogen-bond donors (Lipinski definition) is 1. The van der Waals surface area contributed by atoms with E-state index in [0.29, 0.717) is 11.7 Å². The Balaban J connectivity index is 1.69. The summed E-state index contributed by atoms with van der Waals surface area (Å²) < 4.78 is 20.3. The minimum absolute atomic E-state index is 0.117. The van der Waals surface area contributed by atoms with Crippen LogP contribution in [0.15, 0.2) is 53.7 Å². The molecule has 1 N–H and O–H groups in total. The molecular weight excluding hydrogens is 403 g/mol. The average Bonchev–Trinajstić information content (AvgIpc) is 3.16. The zero-order valence-electron chi connectivity index (χ0n) is 17.4. The summed E-state index contributed by atoms with van der Waals surface area (Å²) in [5.74, 6) is 1.10. The third-order valence-corrected chi connectivity index (χ3v) is 5.84. The maximum atomic E-state index is 13.1. The van der Waals surface area contributed by atoms with Crippen molar-refractivity contribution in [2.75, 3.05) is 7.11 Å². The lowest BCUT2D eigenvalue weighted by atomic mass is 10.1. The van der Waals surface area contributed by atoms with Crippen LogP contribution in [0, 0.1) is 5.82 Å². The predicted molar refractivity (Wildman–Crippen MR) is 116 cm³/mol. The van der Waals surface area contributed by atoms with Gasteiger partial charge in [0, 0.05) is 12.1 Å². The summed E-state index contributed by atoms with van der Waals surface area (Å²) in [6.45, 7) is 6.40. The summed E-state index contributed by atoms with van der Waals surface area (Å²) in [4.78, 5) is 12.7. The molecule has 0 fully saturated rings. The molecule has 1 aromatic heterocycles. The summed E-state index contributed by atoms with van der Waals surface area (Å²) >= 11 is 1.36. The fourth-order valence-electron chi connectivity index (χ4n) is 2.99. The number of amides is 1.